The molecule has 4 N–H and O–H groups in total. The van der Waals surface area contributed by atoms with Crippen molar-refractivity contribution in [2.24, 2.45) is 10.7 Å². The highest BCUT2D eigenvalue weighted by atomic mass is 16.3. The van der Waals surface area contributed by atoms with Crippen LogP contribution in [0.2, 0.25) is 0 Å². The van der Waals surface area contributed by atoms with E-state index < -0.39 is 17.8 Å². The van der Waals surface area contributed by atoms with Gasteiger partial charge in [-0.25, -0.2) is 9.78 Å². The number of hydrogen-bond acceptors (Lipinski definition) is 5. The van der Waals surface area contributed by atoms with Gasteiger partial charge in [-0.05, 0) is 25.3 Å². The summed E-state index contributed by atoms with van der Waals surface area (Å²) in [7, 11) is 0. The Kier molecular flexibility index (Phi) is 5.02. The fourth-order valence-electron chi connectivity index (χ4n) is 1.17. The van der Waals surface area contributed by atoms with E-state index in [1.165, 1.54) is 12.3 Å². The summed E-state index contributed by atoms with van der Waals surface area (Å²) < 4.78 is 0. The molecule has 0 radical (unpaired) electrons. The maximum absolute atomic E-state index is 10.4. The molecule has 0 aliphatic carbocycles. The molecule has 1 aliphatic heterocycles. The standard InChI is InChI=1S/C5H5N3O2.C5H9NO/c6-4(9)3-1-2-7-5(10)8-3;7-5-3-1-2-4-6-5/h1-2H,(H2,6,9)(H,7,8,10);4-5,7H,1-3H2. The zero-order valence-electron chi connectivity index (χ0n) is 9.17. The Labute approximate surface area is 97.4 Å². The zero-order valence-corrected chi connectivity index (χ0v) is 9.17. The first-order chi connectivity index (χ1) is 8.09. The maximum Gasteiger partial charge on any atom is 0.345 e. The minimum atomic E-state index is -0.667. The summed E-state index contributed by atoms with van der Waals surface area (Å²) in [5.74, 6) is -0.667. The highest BCUT2D eigenvalue weighted by Crippen LogP contribution is 2.05. The van der Waals surface area contributed by atoms with Crippen LogP contribution in [0.3, 0.4) is 0 Å². The third kappa shape index (κ3) is 5.03. The fraction of sp³-hybridized carbons (Fsp3) is 0.400. The number of nitrogens with two attached hydrogens (primary N) is 1. The van der Waals surface area contributed by atoms with Gasteiger partial charge >= 0.3 is 5.69 Å². The number of hydrogen-bond donors (Lipinski definition) is 3. The van der Waals surface area contributed by atoms with Gasteiger partial charge in [0.25, 0.3) is 5.91 Å². The molecule has 1 unspecified atom stereocenters. The van der Waals surface area contributed by atoms with Gasteiger partial charge in [0.15, 0.2) is 0 Å². The van der Waals surface area contributed by atoms with Crippen molar-refractivity contribution in [3.05, 3.63) is 28.4 Å². The van der Waals surface area contributed by atoms with E-state index in [2.05, 4.69) is 15.0 Å². The first-order valence-electron chi connectivity index (χ1n) is 5.14. The average molecular weight is 238 g/mol. The molecule has 7 heteroatoms. The van der Waals surface area contributed by atoms with E-state index in [-0.39, 0.29) is 5.69 Å². The van der Waals surface area contributed by atoms with E-state index >= 15 is 0 Å². The van der Waals surface area contributed by atoms with Crippen LogP contribution in [0.15, 0.2) is 22.1 Å². The number of nitrogens with zero attached hydrogens (tertiary/aromatic N) is 2. The number of aliphatic hydroxyl groups excluding tert-OH is 1. The summed E-state index contributed by atoms with van der Waals surface area (Å²) in [6.07, 6.45) is 5.58. The number of primary amides is 1. The summed E-state index contributed by atoms with van der Waals surface area (Å²) in [4.78, 5) is 30.0. The van der Waals surface area contributed by atoms with Crippen molar-refractivity contribution in [3.63, 3.8) is 0 Å². The molecule has 1 amide bonds. The van der Waals surface area contributed by atoms with Crippen LogP contribution < -0.4 is 11.4 Å². The number of H-pyrrole nitrogens is 1. The monoisotopic (exact) mass is 238 g/mol. The van der Waals surface area contributed by atoms with Crippen molar-refractivity contribution < 1.29 is 9.90 Å². The number of aliphatic imine (C=N–C) groups is 1. The molecule has 0 spiro atoms. The quantitative estimate of drug-likeness (QED) is 0.606. The minimum absolute atomic E-state index is 0.0694. The number of nitrogens with one attached hydrogen (secondary N) is 1. The Balaban J connectivity index is 0.000000181. The van der Waals surface area contributed by atoms with Crippen molar-refractivity contribution in [1.82, 2.24) is 9.97 Å². The van der Waals surface area contributed by atoms with Gasteiger partial charge in [0.1, 0.15) is 11.9 Å². The van der Waals surface area contributed by atoms with Crippen LogP contribution in [0.5, 0.6) is 0 Å². The second kappa shape index (κ2) is 6.54. The van der Waals surface area contributed by atoms with Crippen LogP contribution in [-0.2, 0) is 0 Å². The van der Waals surface area contributed by atoms with Crippen molar-refractivity contribution in [2.45, 2.75) is 25.5 Å². The number of carbonyl (C=O) groups excluding carboxylic acids is 1. The van der Waals surface area contributed by atoms with Crippen LogP contribution in [0.4, 0.5) is 0 Å². The number of carbonyl (C=O) groups is 1. The van der Waals surface area contributed by atoms with Crippen LogP contribution in [-0.4, -0.2) is 33.4 Å². The van der Waals surface area contributed by atoms with E-state index in [9.17, 15) is 9.59 Å². The van der Waals surface area contributed by atoms with Crippen LogP contribution in [0, 0.1) is 0 Å². The molecule has 0 saturated heterocycles. The van der Waals surface area contributed by atoms with Crippen LogP contribution in [0.1, 0.15) is 29.8 Å². The van der Waals surface area contributed by atoms with Gasteiger partial charge in [0, 0.05) is 12.4 Å². The fourth-order valence-corrected chi connectivity index (χ4v) is 1.17. The second-order valence-corrected chi connectivity index (χ2v) is 3.40. The van der Waals surface area contributed by atoms with E-state index in [0.29, 0.717) is 0 Å². The molecule has 17 heavy (non-hydrogen) atoms. The summed E-state index contributed by atoms with van der Waals surface area (Å²) >= 11 is 0. The number of aliphatic hydroxyl groups is 1. The predicted octanol–water partition coefficient (Wildman–Crippen LogP) is -0.572. The van der Waals surface area contributed by atoms with Crippen LogP contribution in [0.25, 0.3) is 0 Å². The Morgan fingerprint density at radius 3 is 2.71 bits per heavy atom. The lowest BCUT2D eigenvalue weighted by molar-refractivity contribution is 0.0995. The topological polar surface area (TPSA) is 121 Å². The molecule has 2 rings (SSSR count). The molecule has 2 heterocycles. The molecule has 1 aliphatic rings. The number of rotatable bonds is 1. The normalized spacial score (nSPS) is 18.1. The SMILES string of the molecule is NC(=O)c1ccnc(=O)[nH]1.OC1CCCC=N1. The lowest BCUT2D eigenvalue weighted by atomic mass is 10.2. The molecule has 0 aromatic carbocycles. The third-order valence-corrected chi connectivity index (χ3v) is 2.01. The molecule has 1 atom stereocenters. The first kappa shape index (κ1) is 13.0. The van der Waals surface area contributed by atoms with Gasteiger partial charge < -0.3 is 15.8 Å². The maximum atomic E-state index is 10.4. The molecule has 0 fully saturated rings. The molecular formula is C10H14N4O3. The first-order valence-corrected chi connectivity index (χ1v) is 5.14. The Hall–Kier alpha value is -2.02. The smallest absolute Gasteiger partial charge is 0.345 e. The summed E-state index contributed by atoms with van der Waals surface area (Å²) in [5.41, 5.74) is 4.34. The van der Waals surface area contributed by atoms with Gasteiger partial charge in [0.05, 0.1) is 0 Å². The van der Waals surface area contributed by atoms with E-state index in [4.69, 9.17) is 10.8 Å². The Morgan fingerprint density at radius 1 is 1.59 bits per heavy atom. The van der Waals surface area contributed by atoms with Gasteiger partial charge in [-0.3, -0.25) is 9.79 Å². The lowest BCUT2D eigenvalue weighted by Crippen LogP contribution is -2.19. The predicted molar refractivity (Wildman–Crippen MR) is 61.7 cm³/mol. The van der Waals surface area contributed by atoms with Crippen molar-refractivity contribution in [2.75, 3.05) is 0 Å². The molecule has 0 saturated carbocycles. The highest BCUT2D eigenvalue weighted by Gasteiger charge is 2.01. The van der Waals surface area contributed by atoms with Gasteiger partial charge in [-0.15, -0.1) is 0 Å². The molecule has 92 valence electrons. The average Bonchev–Trinajstić information content (AvgIpc) is 2.31. The highest BCUT2D eigenvalue weighted by molar-refractivity contribution is 5.90. The summed E-state index contributed by atoms with van der Waals surface area (Å²) in [6.45, 7) is 0. The molecule has 1 aromatic heterocycles. The second-order valence-electron chi connectivity index (χ2n) is 3.40. The number of aromatic nitrogens is 2. The van der Waals surface area contributed by atoms with E-state index in [1.54, 1.807) is 6.21 Å². The van der Waals surface area contributed by atoms with E-state index in [0.717, 1.165) is 19.3 Å². The summed E-state index contributed by atoms with van der Waals surface area (Å²) in [5, 5.41) is 8.71. The summed E-state index contributed by atoms with van der Waals surface area (Å²) in [6, 6.07) is 1.34. The largest absolute Gasteiger partial charge is 0.372 e. The van der Waals surface area contributed by atoms with Crippen molar-refractivity contribution in [1.29, 1.82) is 0 Å². The third-order valence-electron chi connectivity index (χ3n) is 2.01. The molecule has 7 nitrogen and oxygen atoms in total. The van der Waals surface area contributed by atoms with Gasteiger partial charge in [0.2, 0.25) is 0 Å². The van der Waals surface area contributed by atoms with Crippen molar-refractivity contribution in [3.8, 4) is 0 Å². The number of aromatic amines is 1. The Morgan fingerprint density at radius 2 is 2.35 bits per heavy atom. The van der Waals surface area contributed by atoms with Gasteiger partial charge in [-0.1, -0.05) is 0 Å². The van der Waals surface area contributed by atoms with Crippen molar-refractivity contribution >= 4 is 12.1 Å². The molecular weight excluding hydrogens is 224 g/mol. The van der Waals surface area contributed by atoms with Crippen LogP contribution >= 0.6 is 0 Å². The van der Waals surface area contributed by atoms with Gasteiger partial charge in [-0.2, -0.15) is 0 Å². The molecule has 0 bridgehead atoms. The van der Waals surface area contributed by atoms with E-state index in [1.807, 2.05) is 0 Å². The lowest BCUT2D eigenvalue weighted by Gasteiger charge is -2.07. The minimum Gasteiger partial charge on any atom is -0.372 e. The number of amides is 1. The Bertz CT molecular complexity index is 455. The molecule has 1 aromatic rings. The zero-order chi connectivity index (χ0) is 12.7.